The molecule has 2 aliphatic heterocycles. The normalized spacial score (nSPS) is 22.4. The van der Waals surface area contributed by atoms with Crippen LogP contribution in [0.5, 0.6) is 0 Å². The summed E-state index contributed by atoms with van der Waals surface area (Å²) in [7, 11) is 0. The van der Waals surface area contributed by atoms with Gasteiger partial charge in [0.15, 0.2) is 0 Å². The molecule has 25 heavy (non-hydrogen) atoms. The lowest BCUT2D eigenvalue weighted by Crippen LogP contribution is -2.61. The zero-order valence-electron chi connectivity index (χ0n) is 13.2. The van der Waals surface area contributed by atoms with E-state index in [1.807, 2.05) is 41.8 Å². The van der Waals surface area contributed by atoms with E-state index < -0.39 is 17.1 Å². The lowest BCUT2D eigenvalue weighted by Gasteiger charge is -2.41. The number of hydrogen-bond acceptors (Lipinski definition) is 3. The van der Waals surface area contributed by atoms with Gasteiger partial charge in [0.1, 0.15) is 11.1 Å². The van der Waals surface area contributed by atoms with E-state index in [4.69, 9.17) is 0 Å². The predicted octanol–water partition coefficient (Wildman–Crippen LogP) is 3.79. The molecule has 0 radical (unpaired) electrons. The van der Waals surface area contributed by atoms with Crippen LogP contribution in [0, 0.1) is 5.82 Å². The van der Waals surface area contributed by atoms with Gasteiger partial charge in [0.2, 0.25) is 0 Å². The monoisotopic (exact) mass is 354 g/mol. The van der Waals surface area contributed by atoms with E-state index in [9.17, 15) is 14.0 Å². The van der Waals surface area contributed by atoms with Crippen molar-refractivity contribution in [2.45, 2.75) is 17.8 Å². The Labute approximate surface area is 148 Å². The van der Waals surface area contributed by atoms with Crippen LogP contribution in [-0.4, -0.2) is 28.1 Å². The van der Waals surface area contributed by atoms with Crippen molar-refractivity contribution in [2.75, 3.05) is 4.90 Å². The van der Waals surface area contributed by atoms with Crippen LogP contribution in [0.25, 0.3) is 0 Å². The largest absolute Gasteiger partial charge is 0.332 e. The molecular weight excluding hydrogens is 339 g/mol. The number of amides is 3. The Morgan fingerprint density at radius 2 is 1.84 bits per heavy atom. The van der Waals surface area contributed by atoms with Crippen LogP contribution in [0.1, 0.15) is 5.56 Å². The minimum absolute atomic E-state index is 0.263. The molecule has 0 N–H and O–H groups in total. The van der Waals surface area contributed by atoms with Crippen LogP contribution in [0.3, 0.4) is 0 Å². The van der Waals surface area contributed by atoms with E-state index in [0.29, 0.717) is 6.54 Å². The van der Waals surface area contributed by atoms with Crippen molar-refractivity contribution in [3.8, 4) is 0 Å². The third-order valence-corrected chi connectivity index (χ3v) is 5.42. The van der Waals surface area contributed by atoms with Gasteiger partial charge in [-0.25, -0.2) is 14.1 Å². The molecule has 0 bridgehead atoms. The number of halogens is 1. The number of anilines is 1. The highest BCUT2D eigenvalue weighted by molar-refractivity contribution is 8.03. The smallest absolute Gasteiger partial charge is 0.312 e. The number of rotatable bonds is 3. The summed E-state index contributed by atoms with van der Waals surface area (Å²) in [6.45, 7) is 0.394. The first-order valence-corrected chi connectivity index (χ1v) is 8.85. The fourth-order valence-corrected chi connectivity index (χ4v) is 4.19. The van der Waals surface area contributed by atoms with Gasteiger partial charge in [-0.3, -0.25) is 4.79 Å². The number of thioether (sulfide) groups is 1. The Kier molecular flexibility index (Phi) is 4.05. The zero-order valence-corrected chi connectivity index (χ0v) is 14.0. The van der Waals surface area contributed by atoms with E-state index in [1.54, 1.807) is 11.0 Å². The number of imide groups is 1. The lowest BCUT2D eigenvalue weighted by atomic mass is 10.1. The second-order valence-electron chi connectivity index (χ2n) is 5.93. The Hall–Kier alpha value is -2.60. The molecule has 2 aromatic carbocycles. The van der Waals surface area contributed by atoms with Gasteiger partial charge >= 0.3 is 6.03 Å². The molecule has 2 unspecified atom stereocenters. The summed E-state index contributed by atoms with van der Waals surface area (Å²) in [4.78, 5) is 28.6. The summed E-state index contributed by atoms with van der Waals surface area (Å²) in [5.41, 5.74) is 1.24. The number of carbonyl (C=O) groups excluding carboxylic acids is 2. The number of fused-ring (bicyclic) bond motifs is 1. The van der Waals surface area contributed by atoms with Crippen molar-refractivity contribution < 1.29 is 14.0 Å². The molecule has 2 heterocycles. The summed E-state index contributed by atoms with van der Waals surface area (Å²) in [5.74, 6) is -0.785. The number of hydrogen-bond donors (Lipinski definition) is 0. The number of urea groups is 1. The van der Waals surface area contributed by atoms with Gasteiger partial charge in [0.25, 0.3) is 5.91 Å². The minimum atomic E-state index is -0.480. The molecule has 1 fully saturated rings. The first-order valence-electron chi connectivity index (χ1n) is 7.91. The maximum Gasteiger partial charge on any atom is 0.332 e. The highest BCUT2D eigenvalue weighted by Crippen LogP contribution is 2.37. The van der Waals surface area contributed by atoms with Gasteiger partial charge in [-0.15, -0.1) is 11.8 Å². The van der Waals surface area contributed by atoms with Crippen molar-refractivity contribution in [1.29, 1.82) is 0 Å². The fourth-order valence-electron chi connectivity index (χ4n) is 3.15. The zero-order chi connectivity index (χ0) is 17.4. The highest BCUT2D eigenvalue weighted by atomic mass is 32.2. The van der Waals surface area contributed by atoms with Crippen LogP contribution < -0.4 is 4.90 Å². The van der Waals surface area contributed by atoms with E-state index in [0.717, 1.165) is 10.5 Å². The van der Waals surface area contributed by atoms with Crippen molar-refractivity contribution in [1.82, 2.24) is 4.90 Å². The number of nitrogens with zero attached hydrogens (tertiary/aromatic N) is 2. The molecule has 4 rings (SSSR count). The van der Waals surface area contributed by atoms with Gasteiger partial charge in [-0.1, -0.05) is 42.5 Å². The summed E-state index contributed by atoms with van der Waals surface area (Å²) in [5, 5.41) is 1.46. The maximum atomic E-state index is 13.6. The Bertz CT molecular complexity index is 856. The molecule has 0 aromatic heterocycles. The van der Waals surface area contributed by atoms with Crippen molar-refractivity contribution in [3.05, 3.63) is 77.5 Å². The second-order valence-corrected chi connectivity index (χ2v) is 6.98. The topological polar surface area (TPSA) is 40.6 Å². The summed E-state index contributed by atoms with van der Waals surface area (Å²) >= 11 is 1.39. The summed E-state index contributed by atoms with van der Waals surface area (Å²) in [6, 6.07) is 14.5. The Morgan fingerprint density at radius 1 is 1.04 bits per heavy atom. The molecule has 126 valence electrons. The fraction of sp³-hybridized carbons (Fsp3) is 0.158. The first-order chi connectivity index (χ1) is 12.1. The second kappa shape index (κ2) is 6.37. The van der Waals surface area contributed by atoms with Crippen molar-refractivity contribution in [3.63, 3.8) is 0 Å². The molecule has 0 saturated carbocycles. The standard InChI is InChI=1S/C19H15FN2O2S/c20-14-7-4-8-15(11-14)22-18(23)17-16(9-10-25-17)21(19(22)24)12-13-5-2-1-3-6-13/h1-11,16-17H,12H2. The number of carbonyl (C=O) groups is 2. The van der Waals surface area contributed by atoms with Crippen molar-refractivity contribution >= 4 is 29.4 Å². The van der Waals surface area contributed by atoms with Crippen molar-refractivity contribution in [2.24, 2.45) is 0 Å². The third kappa shape index (κ3) is 2.82. The van der Waals surface area contributed by atoms with E-state index in [1.165, 1.54) is 30.0 Å². The molecule has 2 atom stereocenters. The lowest BCUT2D eigenvalue weighted by molar-refractivity contribution is -0.119. The molecule has 2 aromatic rings. The Morgan fingerprint density at radius 3 is 2.60 bits per heavy atom. The maximum absolute atomic E-state index is 13.6. The van der Waals surface area contributed by atoms with Gasteiger partial charge in [-0.2, -0.15) is 0 Å². The molecule has 1 saturated heterocycles. The highest BCUT2D eigenvalue weighted by Gasteiger charge is 2.47. The van der Waals surface area contributed by atoms with Crippen LogP contribution in [0.2, 0.25) is 0 Å². The predicted molar refractivity (Wildman–Crippen MR) is 95.6 cm³/mol. The Balaban J connectivity index is 1.71. The first kappa shape index (κ1) is 15.9. The SMILES string of the molecule is O=C1C2SC=CC2N(Cc2ccccc2)C(=O)N1c1cccc(F)c1. The average Bonchev–Trinajstić information content (AvgIpc) is 3.10. The van der Waals surface area contributed by atoms with Gasteiger partial charge in [-0.05, 0) is 29.2 Å². The minimum Gasteiger partial charge on any atom is -0.312 e. The van der Waals surface area contributed by atoms with E-state index in [-0.39, 0.29) is 17.6 Å². The molecule has 4 nitrogen and oxygen atoms in total. The number of benzene rings is 2. The van der Waals surface area contributed by atoms with Crippen LogP contribution in [0.15, 0.2) is 66.1 Å². The molecular formula is C19H15FN2O2S. The summed E-state index contributed by atoms with van der Waals surface area (Å²) in [6.07, 6.45) is 1.89. The quantitative estimate of drug-likeness (QED) is 0.842. The van der Waals surface area contributed by atoms with Gasteiger partial charge in [0, 0.05) is 6.54 Å². The summed E-state index contributed by atoms with van der Waals surface area (Å²) < 4.78 is 13.6. The molecule has 0 aliphatic carbocycles. The van der Waals surface area contributed by atoms with E-state index >= 15 is 0 Å². The average molecular weight is 354 g/mol. The third-order valence-electron chi connectivity index (χ3n) is 4.33. The molecule has 2 aliphatic rings. The van der Waals surface area contributed by atoms with Crippen LogP contribution in [0.4, 0.5) is 14.9 Å². The van der Waals surface area contributed by atoms with Crippen LogP contribution in [-0.2, 0) is 11.3 Å². The van der Waals surface area contributed by atoms with E-state index in [2.05, 4.69) is 0 Å². The molecule has 0 spiro atoms. The molecule has 6 heteroatoms. The van der Waals surface area contributed by atoms with Gasteiger partial charge in [0.05, 0.1) is 11.7 Å². The molecule has 3 amide bonds. The van der Waals surface area contributed by atoms with Gasteiger partial charge < -0.3 is 4.90 Å². The van der Waals surface area contributed by atoms with Crippen LogP contribution >= 0.6 is 11.8 Å².